The maximum Gasteiger partial charge on any atom is 0.276 e. The number of hydrogen-bond donors (Lipinski definition) is 1. The van der Waals surface area contributed by atoms with E-state index in [0.29, 0.717) is 15.6 Å². The molecule has 0 atom stereocenters. The van der Waals surface area contributed by atoms with Crippen molar-refractivity contribution in [2.24, 2.45) is 0 Å². The van der Waals surface area contributed by atoms with Crippen molar-refractivity contribution in [1.29, 1.82) is 0 Å². The maximum atomic E-state index is 11.0. The van der Waals surface area contributed by atoms with E-state index < -0.39 is 0 Å². The Kier molecular flexibility index (Phi) is 1.54. The van der Waals surface area contributed by atoms with E-state index in [1.165, 1.54) is 0 Å². The summed E-state index contributed by atoms with van der Waals surface area (Å²) in [4.78, 5) is 11.0. The van der Waals surface area contributed by atoms with E-state index in [1.54, 1.807) is 6.07 Å². The van der Waals surface area contributed by atoms with E-state index in [0.717, 1.165) is 10.0 Å². The monoisotopic (exact) mass is 229 g/mol. The van der Waals surface area contributed by atoms with Gasteiger partial charge in [0.05, 0.1) is 0 Å². The van der Waals surface area contributed by atoms with E-state index >= 15 is 0 Å². The molecular weight excluding hydrogens is 224 g/mol. The summed E-state index contributed by atoms with van der Waals surface area (Å²) in [6, 6.07) is 3.65. The predicted molar refractivity (Wildman–Crippen MR) is 46.4 cm³/mol. The molecule has 0 aliphatic carbocycles. The Morgan fingerprint density at radius 1 is 1.58 bits per heavy atom. The van der Waals surface area contributed by atoms with Crippen molar-refractivity contribution in [3.8, 4) is 0 Å². The van der Waals surface area contributed by atoms with Crippen molar-refractivity contribution in [2.75, 3.05) is 0 Å². The molecule has 2 rings (SSSR count). The van der Waals surface area contributed by atoms with Gasteiger partial charge in [-0.05, 0) is 24.0 Å². The van der Waals surface area contributed by atoms with E-state index in [9.17, 15) is 4.91 Å². The second-order valence-corrected chi connectivity index (χ2v) is 3.37. The highest BCUT2D eigenvalue weighted by Crippen LogP contribution is 2.21. The fourth-order valence-electron chi connectivity index (χ4n) is 1.13. The van der Waals surface area contributed by atoms with Crippen LogP contribution in [0.15, 0.2) is 21.2 Å². The molecule has 0 aliphatic rings. The van der Waals surface area contributed by atoms with Crippen LogP contribution in [-0.4, -0.2) is 5.16 Å². The number of halogens is 1. The van der Waals surface area contributed by atoms with Crippen LogP contribution in [0.5, 0.6) is 0 Å². The molecule has 0 fully saturated rings. The molecular formula is C7H6BrN2O2+. The SMILES string of the molecule is Cc1c(Br)ccc2[nH]o[n+](=O)c12. The number of rotatable bonds is 0. The van der Waals surface area contributed by atoms with Gasteiger partial charge in [-0.3, -0.25) is 0 Å². The Hall–Kier alpha value is -1.10. The van der Waals surface area contributed by atoms with E-state index in [-0.39, 0.29) is 0 Å². The third-order valence-corrected chi connectivity index (χ3v) is 2.65. The number of nitrogens with zero attached hydrogens (tertiary/aromatic N) is 1. The van der Waals surface area contributed by atoms with Crippen molar-refractivity contribution in [3.63, 3.8) is 0 Å². The number of nitrogens with one attached hydrogen (secondary N) is 1. The molecule has 0 spiro atoms. The third kappa shape index (κ3) is 0.896. The fraction of sp³-hybridized carbons (Fsp3) is 0.143. The van der Waals surface area contributed by atoms with Gasteiger partial charge in [-0.2, -0.15) is 0 Å². The van der Waals surface area contributed by atoms with Gasteiger partial charge in [0.2, 0.25) is 5.52 Å². The van der Waals surface area contributed by atoms with Crippen molar-refractivity contribution >= 4 is 27.0 Å². The summed E-state index contributed by atoms with van der Waals surface area (Å²) in [5, 5.41) is 2.51. The number of aromatic nitrogens is 2. The Bertz CT molecular complexity index is 486. The Labute approximate surface area is 75.8 Å². The summed E-state index contributed by atoms with van der Waals surface area (Å²) in [5.41, 5.74) is 2.10. The molecule has 0 aliphatic heterocycles. The summed E-state index contributed by atoms with van der Waals surface area (Å²) >= 11 is 3.33. The van der Waals surface area contributed by atoms with Crippen LogP contribution in [0.3, 0.4) is 0 Å². The van der Waals surface area contributed by atoms with Gasteiger partial charge in [0, 0.05) is 10.0 Å². The molecule has 5 heteroatoms. The Morgan fingerprint density at radius 3 is 3.08 bits per heavy atom. The average molecular weight is 230 g/mol. The molecule has 62 valence electrons. The minimum Gasteiger partial charge on any atom is -0.0875 e. The summed E-state index contributed by atoms with van der Waals surface area (Å²) < 4.78 is 5.93. The van der Waals surface area contributed by atoms with Crippen LogP contribution in [0, 0.1) is 11.8 Å². The lowest BCUT2D eigenvalue weighted by Crippen LogP contribution is -2.09. The van der Waals surface area contributed by atoms with Gasteiger partial charge in [-0.25, -0.2) is 0 Å². The minimum atomic E-state index is 0.468. The smallest absolute Gasteiger partial charge is 0.0875 e. The molecule has 0 amide bonds. The van der Waals surface area contributed by atoms with Crippen LogP contribution >= 0.6 is 15.9 Å². The fourth-order valence-corrected chi connectivity index (χ4v) is 1.45. The van der Waals surface area contributed by atoms with E-state index in [2.05, 4.69) is 25.7 Å². The number of H-pyrrole nitrogens is 1. The summed E-state index contributed by atoms with van der Waals surface area (Å²) in [7, 11) is 0. The van der Waals surface area contributed by atoms with Crippen molar-refractivity contribution in [2.45, 2.75) is 6.92 Å². The molecule has 0 saturated carbocycles. The minimum absolute atomic E-state index is 0.468. The second kappa shape index (κ2) is 2.45. The normalized spacial score (nSPS) is 10.8. The van der Waals surface area contributed by atoms with Crippen LogP contribution in [0.4, 0.5) is 0 Å². The molecule has 1 aromatic heterocycles. The topological polar surface area (TPSA) is 51.9 Å². The number of fused-ring (bicyclic) bond motifs is 1. The Morgan fingerprint density at radius 2 is 2.33 bits per heavy atom. The lowest BCUT2D eigenvalue weighted by atomic mass is 10.2. The molecule has 1 aromatic carbocycles. The highest BCUT2D eigenvalue weighted by Gasteiger charge is 2.14. The summed E-state index contributed by atoms with van der Waals surface area (Å²) in [5.74, 6) is 0. The lowest BCUT2D eigenvalue weighted by Gasteiger charge is -1.90. The standard InChI is InChI=1S/C7H6BrN2O2/c1-4-5(8)2-3-6-7(4)10(11)12-9-6/h2-3,9H,1H3/q+1. The first-order valence-electron chi connectivity index (χ1n) is 3.39. The van der Waals surface area contributed by atoms with Crippen molar-refractivity contribution < 1.29 is 9.23 Å². The third-order valence-electron chi connectivity index (χ3n) is 1.79. The first-order valence-corrected chi connectivity index (χ1v) is 4.19. The van der Waals surface area contributed by atoms with Crippen LogP contribution in [0.1, 0.15) is 5.56 Å². The van der Waals surface area contributed by atoms with Crippen LogP contribution in [0.25, 0.3) is 11.0 Å². The lowest BCUT2D eigenvalue weighted by molar-refractivity contribution is -0.692. The van der Waals surface area contributed by atoms with Gasteiger partial charge in [0.1, 0.15) is 0 Å². The van der Waals surface area contributed by atoms with Crippen LogP contribution < -0.4 is 4.60 Å². The van der Waals surface area contributed by atoms with Gasteiger partial charge < -0.3 is 0 Å². The number of hydrogen-bond acceptors (Lipinski definition) is 2. The van der Waals surface area contributed by atoms with Gasteiger partial charge in [-0.15, -0.1) is 0 Å². The van der Waals surface area contributed by atoms with Crippen LogP contribution in [-0.2, 0) is 0 Å². The summed E-state index contributed by atoms with van der Waals surface area (Å²) in [6.45, 7) is 1.85. The van der Waals surface area contributed by atoms with Gasteiger partial charge in [-0.1, -0.05) is 25.7 Å². The second-order valence-electron chi connectivity index (χ2n) is 2.52. The zero-order valence-corrected chi connectivity index (χ0v) is 7.88. The average Bonchev–Trinajstić information content (AvgIpc) is 2.41. The Balaban J connectivity index is 3.06. The van der Waals surface area contributed by atoms with E-state index in [1.807, 2.05) is 13.0 Å². The summed E-state index contributed by atoms with van der Waals surface area (Å²) in [6.07, 6.45) is 0. The molecule has 1 N–H and O–H groups in total. The maximum absolute atomic E-state index is 11.0. The van der Waals surface area contributed by atoms with Gasteiger partial charge in [0.25, 0.3) is 5.52 Å². The van der Waals surface area contributed by atoms with Crippen molar-refractivity contribution in [3.05, 3.63) is 27.1 Å². The molecule has 0 bridgehead atoms. The molecule has 0 saturated heterocycles. The van der Waals surface area contributed by atoms with Gasteiger partial charge >= 0.3 is 0 Å². The highest BCUT2D eigenvalue weighted by molar-refractivity contribution is 9.10. The highest BCUT2D eigenvalue weighted by atomic mass is 79.9. The molecule has 0 radical (unpaired) electrons. The quantitative estimate of drug-likeness (QED) is 0.749. The number of aromatic amines is 1. The van der Waals surface area contributed by atoms with Gasteiger partial charge in [0.15, 0.2) is 4.60 Å². The zero-order valence-electron chi connectivity index (χ0n) is 6.30. The number of aryl methyl sites for hydroxylation is 1. The van der Waals surface area contributed by atoms with Crippen molar-refractivity contribution in [1.82, 2.24) is 5.16 Å². The van der Waals surface area contributed by atoms with Crippen LogP contribution in [0.2, 0.25) is 0 Å². The first-order chi connectivity index (χ1) is 5.70. The molecule has 0 unspecified atom stereocenters. The molecule has 12 heavy (non-hydrogen) atoms. The zero-order chi connectivity index (χ0) is 8.72. The predicted octanol–water partition coefficient (Wildman–Crippen LogP) is 1.75. The molecule has 2 aromatic rings. The largest absolute Gasteiger partial charge is 0.276 e. The van der Waals surface area contributed by atoms with E-state index in [4.69, 9.17) is 0 Å². The molecule has 4 nitrogen and oxygen atoms in total. The first kappa shape index (κ1) is 7.54. The number of benzene rings is 1. The molecule has 1 heterocycles.